The Hall–Kier alpha value is -1.22. The van der Waals surface area contributed by atoms with Crippen LogP contribution >= 0.6 is 0 Å². The van der Waals surface area contributed by atoms with Crippen molar-refractivity contribution < 1.29 is 5.11 Å². The molecule has 0 bridgehead atoms. The highest BCUT2D eigenvalue weighted by Crippen LogP contribution is 2.25. The Bertz CT molecular complexity index is 351. The Morgan fingerprint density at radius 2 is 2.33 bits per heavy atom. The summed E-state index contributed by atoms with van der Waals surface area (Å²) in [7, 11) is 2.14. The number of phenolic OH excluding ortho intramolecular Hbond substituents is 1. The van der Waals surface area contributed by atoms with Gasteiger partial charge in [-0.25, -0.2) is 0 Å². The first kappa shape index (κ1) is 10.3. The van der Waals surface area contributed by atoms with Gasteiger partial charge in [0.1, 0.15) is 5.75 Å². The number of phenols is 1. The van der Waals surface area contributed by atoms with Crippen LogP contribution in [-0.4, -0.2) is 30.1 Å². The highest BCUT2D eigenvalue weighted by atomic mass is 16.3. The number of nitrogens with two attached hydrogens (primary N) is 1. The van der Waals surface area contributed by atoms with Crippen molar-refractivity contribution in [3.63, 3.8) is 0 Å². The largest absolute Gasteiger partial charge is 0.508 e. The average molecular weight is 206 g/mol. The van der Waals surface area contributed by atoms with E-state index in [1.54, 1.807) is 18.2 Å². The molecule has 82 valence electrons. The summed E-state index contributed by atoms with van der Waals surface area (Å²) in [5.41, 5.74) is 7.75. The molecule has 1 aromatic rings. The molecule has 1 unspecified atom stereocenters. The van der Waals surface area contributed by atoms with Crippen LogP contribution in [0.15, 0.2) is 18.2 Å². The molecular formula is C12H18N2O. The highest BCUT2D eigenvalue weighted by Gasteiger charge is 2.20. The van der Waals surface area contributed by atoms with Gasteiger partial charge in [0.05, 0.1) is 0 Å². The van der Waals surface area contributed by atoms with Crippen LogP contribution in [0.2, 0.25) is 0 Å². The van der Waals surface area contributed by atoms with Crippen LogP contribution in [0.25, 0.3) is 0 Å². The average Bonchev–Trinajstić information content (AvgIpc) is 2.58. The van der Waals surface area contributed by atoms with E-state index in [0.717, 1.165) is 24.2 Å². The number of anilines is 1. The van der Waals surface area contributed by atoms with Crippen molar-refractivity contribution in [2.24, 2.45) is 5.92 Å². The highest BCUT2D eigenvalue weighted by molar-refractivity contribution is 5.50. The maximum absolute atomic E-state index is 9.40. The Labute approximate surface area is 90.5 Å². The van der Waals surface area contributed by atoms with Crippen LogP contribution in [0.3, 0.4) is 0 Å². The quantitative estimate of drug-likeness (QED) is 0.569. The second-order valence-corrected chi connectivity index (χ2v) is 4.50. The predicted octanol–water partition coefficient (Wildman–Crippen LogP) is 1.47. The van der Waals surface area contributed by atoms with Gasteiger partial charge in [-0.2, -0.15) is 0 Å². The zero-order valence-electron chi connectivity index (χ0n) is 9.11. The zero-order valence-corrected chi connectivity index (χ0v) is 9.11. The first-order chi connectivity index (χ1) is 7.15. The second kappa shape index (κ2) is 4.11. The molecule has 0 spiro atoms. The molecule has 1 atom stereocenters. The van der Waals surface area contributed by atoms with Crippen LogP contribution in [0.4, 0.5) is 5.69 Å². The Balaban J connectivity index is 2.07. The number of aromatic hydroxyl groups is 1. The lowest BCUT2D eigenvalue weighted by molar-refractivity contribution is 0.394. The number of hydrogen-bond acceptors (Lipinski definition) is 3. The molecule has 0 aromatic heterocycles. The topological polar surface area (TPSA) is 49.5 Å². The number of rotatable bonds is 2. The van der Waals surface area contributed by atoms with Gasteiger partial charge in [0, 0.05) is 12.2 Å². The van der Waals surface area contributed by atoms with Gasteiger partial charge in [0.2, 0.25) is 0 Å². The minimum absolute atomic E-state index is 0.311. The van der Waals surface area contributed by atoms with Gasteiger partial charge in [-0.15, -0.1) is 0 Å². The molecule has 1 fully saturated rings. The van der Waals surface area contributed by atoms with Gasteiger partial charge in [-0.3, -0.25) is 0 Å². The van der Waals surface area contributed by atoms with Crippen LogP contribution in [0.5, 0.6) is 5.75 Å². The van der Waals surface area contributed by atoms with Crippen molar-refractivity contribution in [3.8, 4) is 5.75 Å². The molecule has 1 aromatic carbocycles. The van der Waals surface area contributed by atoms with Crippen LogP contribution in [0.1, 0.15) is 12.0 Å². The number of likely N-dealkylation sites (tertiary alicyclic amines) is 1. The number of benzene rings is 1. The van der Waals surface area contributed by atoms with Gasteiger partial charge in [-0.05, 0) is 56.1 Å². The fourth-order valence-corrected chi connectivity index (χ4v) is 2.27. The monoisotopic (exact) mass is 206 g/mol. The minimum Gasteiger partial charge on any atom is -0.508 e. The molecule has 3 heteroatoms. The van der Waals surface area contributed by atoms with E-state index in [0.29, 0.717) is 11.7 Å². The van der Waals surface area contributed by atoms with Crippen LogP contribution in [-0.2, 0) is 6.42 Å². The van der Waals surface area contributed by atoms with Crippen molar-refractivity contribution >= 4 is 5.69 Å². The predicted molar refractivity (Wildman–Crippen MR) is 61.8 cm³/mol. The Morgan fingerprint density at radius 3 is 3.00 bits per heavy atom. The SMILES string of the molecule is CN1CCC(Cc2cc(O)ccc2N)C1. The summed E-state index contributed by atoms with van der Waals surface area (Å²) < 4.78 is 0. The summed E-state index contributed by atoms with van der Waals surface area (Å²) in [4.78, 5) is 2.34. The van der Waals surface area contributed by atoms with E-state index in [1.165, 1.54) is 13.0 Å². The number of nitrogen functional groups attached to an aromatic ring is 1. The molecule has 2 rings (SSSR count). The van der Waals surface area contributed by atoms with Gasteiger partial charge in [0.25, 0.3) is 0 Å². The molecule has 1 aliphatic rings. The van der Waals surface area contributed by atoms with E-state index in [-0.39, 0.29) is 0 Å². The Morgan fingerprint density at radius 1 is 1.53 bits per heavy atom. The summed E-state index contributed by atoms with van der Waals surface area (Å²) in [6, 6.07) is 5.20. The first-order valence-corrected chi connectivity index (χ1v) is 5.41. The summed E-state index contributed by atoms with van der Waals surface area (Å²) in [6.45, 7) is 2.30. The van der Waals surface area contributed by atoms with Crippen LogP contribution < -0.4 is 5.73 Å². The van der Waals surface area contributed by atoms with Crippen molar-refractivity contribution in [1.82, 2.24) is 4.90 Å². The summed E-state index contributed by atoms with van der Waals surface area (Å²) >= 11 is 0. The first-order valence-electron chi connectivity index (χ1n) is 5.41. The fraction of sp³-hybridized carbons (Fsp3) is 0.500. The van der Waals surface area contributed by atoms with Gasteiger partial charge >= 0.3 is 0 Å². The van der Waals surface area contributed by atoms with E-state index in [9.17, 15) is 5.11 Å². The third kappa shape index (κ3) is 2.42. The second-order valence-electron chi connectivity index (χ2n) is 4.50. The maximum Gasteiger partial charge on any atom is 0.116 e. The molecule has 15 heavy (non-hydrogen) atoms. The lowest BCUT2D eigenvalue weighted by atomic mass is 9.97. The summed E-state index contributed by atoms with van der Waals surface area (Å²) in [5, 5.41) is 9.40. The molecule has 0 aliphatic carbocycles. The molecule has 0 radical (unpaired) electrons. The van der Waals surface area contributed by atoms with E-state index < -0.39 is 0 Å². The third-order valence-corrected chi connectivity index (χ3v) is 3.12. The smallest absolute Gasteiger partial charge is 0.116 e. The lowest BCUT2D eigenvalue weighted by Gasteiger charge is -2.12. The number of nitrogens with zero attached hydrogens (tertiary/aromatic N) is 1. The lowest BCUT2D eigenvalue weighted by Crippen LogP contribution is -2.15. The van der Waals surface area contributed by atoms with E-state index in [4.69, 9.17) is 5.73 Å². The summed E-state index contributed by atoms with van der Waals surface area (Å²) in [5.74, 6) is 0.990. The molecule has 0 saturated carbocycles. The standard InChI is InChI=1S/C12H18N2O/c1-14-5-4-9(8-14)6-10-7-11(15)2-3-12(10)13/h2-3,7,9,15H,4-6,8,13H2,1H3. The summed E-state index contributed by atoms with van der Waals surface area (Å²) in [6.07, 6.45) is 2.20. The van der Waals surface area contributed by atoms with Crippen molar-refractivity contribution in [2.45, 2.75) is 12.8 Å². The fourth-order valence-electron chi connectivity index (χ4n) is 2.27. The van der Waals surface area contributed by atoms with Gasteiger partial charge < -0.3 is 15.7 Å². The molecule has 3 N–H and O–H groups in total. The van der Waals surface area contributed by atoms with Crippen molar-refractivity contribution in [3.05, 3.63) is 23.8 Å². The van der Waals surface area contributed by atoms with Gasteiger partial charge in [-0.1, -0.05) is 0 Å². The molecule has 1 aliphatic heterocycles. The van der Waals surface area contributed by atoms with Crippen LogP contribution in [0, 0.1) is 5.92 Å². The molecular weight excluding hydrogens is 188 g/mol. The van der Waals surface area contributed by atoms with E-state index >= 15 is 0 Å². The zero-order chi connectivity index (χ0) is 10.8. The molecule has 0 amide bonds. The van der Waals surface area contributed by atoms with Gasteiger partial charge in [0.15, 0.2) is 0 Å². The normalized spacial score (nSPS) is 22.1. The van der Waals surface area contributed by atoms with E-state index in [1.807, 2.05) is 0 Å². The minimum atomic E-state index is 0.311. The molecule has 3 nitrogen and oxygen atoms in total. The maximum atomic E-state index is 9.40. The molecule has 1 heterocycles. The van der Waals surface area contributed by atoms with E-state index in [2.05, 4.69) is 11.9 Å². The Kier molecular flexibility index (Phi) is 2.82. The molecule has 1 saturated heterocycles. The number of hydrogen-bond donors (Lipinski definition) is 2. The van der Waals surface area contributed by atoms with Crippen molar-refractivity contribution in [1.29, 1.82) is 0 Å². The third-order valence-electron chi connectivity index (χ3n) is 3.12. The van der Waals surface area contributed by atoms with Crippen molar-refractivity contribution in [2.75, 3.05) is 25.9 Å².